The Balaban J connectivity index is 1.84. The van der Waals surface area contributed by atoms with Crippen LogP contribution in [0.2, 0.25) is 0 Å². The summed E-state index contributed by atoms with van der Waals surface area (Å²) in [6, 6.07) is 0. The van der Waals surface area contributed by atoms with Crippen LogP contribution >= 0.6 is 0 Å². The Bertz CT molecular complexity index is 299. The van der Waals surface area contributed by atoms with E-state index >= 15 is 0 Å². The van der Waals surface area contributed by atoms with Gasteiger partial charge in [0.2, 0.25) is 5.91 Å². The second-order valence-corrected chi connectivity index (χ2v) is 7.19. The van der Waals surface area contributed by atoms with Crippen molar-refractivity contribution in [3.05, 3.63) is 0 Å². The highest BCUT2D eigenvalue weighted by atomic mass is 16.2. The van der Waals surface area contributed by atoms with Gasteiger partial charge < -0.3 is 4.90 Å². The molecular weight excluding hydrogens is 210 g/mol. The van der Waals surface area contributed by atoms with E-state index in [1.165, 1.54) is 38.5 Å². The molecule has 0 aromatic rings. The van der Waals surface area contributed by atoms with Gasteiger partial charge in [-0.25, -0.2) is 0 Å². The van der Waals surface area contributed by atoms with Gasteiger partial charge in [0.25, 0.3) is 0 Å². The molecule has 4 rings (SSSR count). The minimum absolute atomic E-state index is 0.146. The molecule has 0 aliphatic heterocycles. The van der Waals surface area contributed by atoms with Crippen LogP contribution in [0, 0.1) is 23.7 Å². The van der Waals surface area contributed by atoms with Gasteiger partial charge in [-0.05, 0) is 56.3 Å². The van der Waals surface area contributed by atoms with Crippen LogP contribution in [0.5, 0.6) is 0 Å². The maximum Gasteiger partial charge on any atom is 0.225 e. The Kier molecular flexibility index (Phi) is 2.53. The molecule has 0 aromatic heterocycles. The van der Waals surface area contributed by atoms with E-state index in [0.29, 0.717) is 5.91 Å². The highest BCUT2D eigenvalue weighted by Gasteiger charge is 2.53. The van der Waals surface area contributed by atoms with Crippen LogP contribution in [0.4, 0.5) is 0 Å². The molecule has 2 nitrogen and oxygen atoms in total. The molecule has 4 aliphatic carbocycles. The van der Waals surface area contributed by atoms with Gasteiger partial charge in [-0.3, -0.25) is 4.79 Å². The maximum atomic E-state index is 12.3. The van der Waals surface area contributed by atoms with Crippen molar-refractivity contribution in [3.63, 3.8) is 0 Å². The third kappa shape index (κ3) is 1.71. The normalized spacial score (nSPS) is 43.2. The summed E-state index contributed by atoms with van der Waals surface area (Å²) in [5.74, 6) is 3.26. The highest BCUT2D eigenvalue weighted by molar-refractivity contribution is 5.78. The van der Waals surface area contributed by atoms with Crippen molar-refractivity contribution in [2.75, 3.05) is 7.05 Å². The van der Waals surface area contributed by atoms with E-state index in [9.17, 15) is 4.79 Å². The van der Waals surface area contributed by atoms with Crippen LogP contribution in [0.1, 0.15) is 52.4 Å². The van der Waals surface area contributed by atoms with E-state index in [2.05, 4.69) is 11.9 Å². The first-order chi connectivity index (χ1) is 8.00. The predicted molar refractivity (Wildman–Crippen MR) is 68.5 cm³/mol. The van der Waals surface area contributed by atoms with E-state index < -0.39 is 0 Å². The molecule has 0 aromatic carbocycles. The van der Waals surface area contributed by atoms with Crippen LogP contribution in [0.25, 0.3) is 0 Å². The fraction of sp³-hybridized carbons (Fsp3) is 0.933. The molecule has 17 heavy (non-hydrogen) atoms. The number of carbonyl (C=O) groups is 1. The molecule has 0 heterocycles. The van der Waals surface area contributed by atoms with Gasteiger partial charge in [-0.15, -0.1) is 0 Å². The molecule has 4 aliphatic rings. The second kappa shape index (κ2) is 3.73. The number of hydrogen-bond donors (Lipinski definition) is 0. The van der Waals surface area contributed by atoms with Crippen molar-refractivity contribution >= 4 is 5.91 Å². The minimum Gasteiger partial charge on any atom is -0.340 e. The predicted octanol–water partition coefficient (Wildman–Crippen LogP) is 3.07. The lowest BCUT2D eigenvalue weighted by atomic mass is 9.52. The van der Waals surface area contributed by atoms with Crippen molar-refractivity contribution in [2.45, 2.75) is 57.9 Å². The van der Waals surface area contributed by atoms with E-state index in [0.717, 1.165) is 17.8 Å². The van der Waals surface area contributed by atoms with Crippen LogP contribution in [0.3, 0.4) is 0 Å². The number of carbonyl (C=O) groups excluding carboxylic acids is 1. The van der Waals surface area contributed by atoms with Gasteiger partial charge >= 0.3 is 0 Å². The van der Waals surface area contributed by atoms with E-state index in [4.69, 9.17) is 0 Å². The Labute approximate surface area is 105 Å². The van der Waals surface area contributed by atoms with Gasteiger partial charge in [0, 0.05) is 18.5 Å². The summed E-state index contributed by atoms with van der Waals surface area (Å²) in [7, 11) is 2.06. The lowest BCUT2D eigenvalue weighted by Gasteiger charge is -2.60. The maximum absolute atomic E-state index is 12.3. The van der Waals surface area contributed by atoms with E-state index in [1.54, 1.807) is 0 Å². The fourth-order valence-electron chi connectivity index (χ4n) is 5.10. The van der Waals surface area contributed by atoms with Gasteiger partial charge in [0.05, 0.1) is 0 Å². The molecule has 0 atom stereocenters. The van der Waals surface area contributed by atoms with Crippen molar-refractivity contribution in [3.8, 4) is 0 Å². The zero-order valence-corrected chi connectivity index (χ0v) is 11.4. The SMILES string of the molecule is CC(C)C(=O)N(C)C12CC3CC(CC(C3)C1)C2. The lowest BCUT2D eigenvalue weighted by Crippen LogP contribution is -2.60. The summed E-state index contributed by atoms with van der Waals surface area (Å²) >= 11 is 0. The van der Waals surface area contributed by atoms with Crippen molar-refractivity contribution in [1.29, 1.82) is 0 Å². The molecule has 4 fully saturated rings. The highest BCUT2D eigenvalue weighted by Crippen LogP contribution is 2.57. The number of hydrogen-bond acceptors (Lipinski definition) is 1. The summed E-state index contributed by atoms with van der Waals surface area (Å²) in [4.78, 5) is 14.4. The second-order valence-electron chi connectivity index (χ2n) is 7.19. The third-order valence-corrected chi connectivity index (χ3v) is 5.54. The Morgan fingerprint density at radius 1 is 1.06 bits per heavy atom. The summed E-state index contributed by atoms with van der Waals surface area (Å²) in [5, 5.41) is 0. The van der Waals surface area contributed by atoms with Gasteiger partial charge in [-0.2, -0.15) is 0 Å². The molecule has 0 unspecified atom stereocenters. The largest absolute Gasteiger partial charge is 0.340 e. The first-order valence-corrected chi connectivity index (χ1v) is 7.28. The van der Waals surface area contributed by atoms with Crippen LogP contribution in [0.15, 0.2) is 0 Å². The molecule has 0 radical (unpaired) electrons. The first-order valence-electron chi connectivity index (χ1n) is 7.28. The van der Waals surface area contributed by atoms with Gasteiger partial charge in [-0.1, -0.05) is 13.8 Å². The Morgan fingerprint density at radius 2 is 1.47 bits per heavy atom. The molecule has 2 heteroatoms. The smallest absolute Gasteiger partial charge is 0.225 e. The number of rotatable bonds is 2. The van der Waals surface area contributed by atoms with Gasteiger partial charge in [0.1, 0.15) is 0 Å². The molecule has 4 bridgehead atoms. The topological polar surface area (TPSA) is 20.3 Å². The van der Waals surface area contributed by atoms with Crippen LogP contribution in [-0.2, 0) is 4.79 Å². The fourth-order valence-corrected chi connectivity index (χ4v) is 5.10. The zero-order chi connectivity index (χ0) is 12.2. The van der Waals surface area contributed by atoms with E-state index in [1.807, 2.05) is 13.8 Å². The average molecular weight is 235 g/mol. The van der Waals surface area contributed by atoms with Crippen molar-refractivity contribution in [2.24, 2.45) is 23.7 Å². The number of amides is 1. The monoisotopic (exact) mass is 235 g/mol. The molecule has 0 spiro atoms. The molecular formula is C15H25NO. The van der Waals surface area contributed by atoms with Crippen molar-refractivity contribution < 1.29 is 4.79 Å². The quantitative estimate of drug-likeness (QED) is 0.720. The summed E-state index contributed by atoms with van der Waals surface area (Å²) in [6.45, 7) is 4.05. The standard InChI is InChI=1S/C15H25NO/c1-10(2)14(17)16(3)15-7-11-4-12(8-15)6-13(5-11)9-15/h10-13H,4-9H2,1-3H3. The molecule has 0 N–H and O–H groups in total. The summed E-state index contributed by atoms with van der Waals surface area (Å²) in [6.07, 6.45) is 8.20. The molecule has 96 valence electrons. The zero-order valence-electron chi connectivity index (χ0n) is 11.4. The van der Waals surface area contributed by atoms with Gasteiger partial charge in [0.15, 0.2) is 0 Å². The minimum atomic E-state index is 0.146. The third-order valence-electron chi connectivity index (χ3n) is 5.54. The summed E-state index contributed by atoms with van der Waals surface area (Å²) < 4.78 is 0. The van der Waals surface area contributed by atoms with Crippen LogP contribution in [-0.4, -0.2) is 23.4 Å². The molecule has 1 amide bonds. The van der Waals surface area contributed by atoms with E-state index in [-0.39, 0.29) is 11.5 Å². The van der Waals surface area contributed by atoms with Crippen LogP contribution < -0.4 is 0 Å². The van der Waals surface area contributed by atoms with Crippen molar-refractivity contribution in [1.82, 2.24) is 4.90 Å². The lowest BCUT2D eigenvalue weighted by molar-refractivity contribution is -0.150. The molecule has 0 saturated heterocycles. The number of nitrogens with zero attached hydrogens (tertiary/aromatic N) is 1. The Hall–Kier alpha value is -0.530. The average Bonchev–Trinajstić information content (AvgIpc) is 2.25. The first kappa shape index (κ1) is 11.6. The Morgan fingerprint density at radius 3 is 1.82 bits per heavy atom. The summed E-state index contributed by atoms with van der Waals surface area (Å²) in [5.41, 5.74) is 0.246. The molecule has 4 saturated carbocycles.